The van der Waals surface area contributed by atoms with Crippen LogP contribution in [0.5, 0.6) is 5.75 Å². The Kier molecular flexibility index (Phi) is 18.8. The second kappa shape index (κ2) is 22.5. The molecule has 2 heterocycles. The first-order valence-corrected chi connectivity index (χ1v) is 21.6. The van der Waals surface area contributed by atoms with Gasteiger partial charge in [-0.25, -0.2) is 18.2 Å². The summed E-state index contributed by atoms with van der Waals surface area (Å²) in [5, 5.41) is 5.12. The highest BCUT2D eigenvalue weighted by Crippen LogP contribution is 2.66. The molecule has 7 atom stereocenters. The third-order valence-corrected chi connectivity index (χ3v) is 11.1. The van der Waals surface area contributed by atoms with Crippen molar-refractivity contribution in [3.63, 3.8) is 0 Å². The highest BCUT2D eigenvalue weighted by molar-refractivity contribution is 7.68. The number of nitrogens with one attached hydrogen (secondary N) is 3. The van der Waals surface area contributed by atoms with Crippen LogP contribution >= 0.6 is 23.2 Å². The molecule has 318 valence electrons. The predicted octanol–water partition coefficient (Wildman–Crippen LogP) is -2.26. The van der Waals surface area contributed by atoms with Crippen molar-refractivity contribution >= 4 is 35.1 Å². The van der Waals surface area contributed by atoms with Crippen molar-refractivity contribution in [2.75, 3.05) is 66.1 Å². The number of carbonyl (C=O) groups is 2. The highest BCUT2D eigenvalue weighted by atomic mass is 31.3. The van der Waals surface area contributed by atoms with Crippen LogP contribution in [0.1, 0.15) is 28.6 Å². The molecule has 1 aliphatic rings. The summed E-state index contributed by atoms with van der Waals surface area (Å²) in [7, 11) is -15.5. The Hall–Kier alpha value is -3.63. The monoisotopic (exact) mass is 871 g/mol. The number of nitrogens with two attached hydrogens (primary N) is 3. The van der Waals surface area contributed by atoms with E-state index in [2.05, 4.69) is 40.6 Å². The second-order valence-corrected chi connectivity index (χ2v) is 16.6. The number of phosphoric acid groups is 2. The van der Waals surface area contributed by atoms with Crippen molar-refractivity contribution in [1.82, 2.24) is 20.2 Å². The predicted molar refractivity (Wildman–Crippen MR) is 195 cm³/mol. The quantitative estimate of drug-likeness (QED) is 0.0246. The molecular weight excluding hydrogens is 827 g/mol. The fourth-order valence-electron chi connectivity index (χ4n) is 4.63. The van der Waals surface area contributed by atoms with Gasteiger partial charge in [0, 0.05) is 37.9 Å². The summed E-state index contributed by atoms with van der Waals surface area (Å²) in [4.78, 5) is 79.8. The highest BCUT2D eigenvalue weighted by Gasteiger charge is 2.43. The zero-order valence-corrected chi connectivity index (χ0v) is 32.9. The Bertz CT molecular complexity index is 2000. The number of aromatic amines is 1. The van der Waals surface area contributed by atoms with Gasteiger partial charge in [0.25, 0.3) is 11.5 Å². The summed E-state index contributed by atoms with van der Waals surface area (Å²) in [5.74, 6) is 4.65. The van der Waals surface area contributed by atoms with Crippen LogP contribution in [0.3, 0.4) is 0 Å². The van der Waals surface area contributed by atoms with Gasteiger partial charge in [-0.15, -0.1) is 0 Å². The van der Waals surface area contributed by atoms with E-state index in [4.69, 9.17) is 45.8 Å². The topological polar surface area (TPSA) is 377 Å². The molecule has 1 aliphatic heterocycles. The standard InChI is InChI=1S/C29H44N7O18P3/c1-55(41,42)53-57(45,46)54-56(43,44)51-15-23-22(50-18-31)13-26(52-23)36-14-20(28(39)35-29(36)40)5-3-8-33-25(37)17-47-10-11-48-24(32)16-49-21-6-2-4-19(12-21)27(38)34-9-7-30/h2,4,6,12,14,22-24,26H,7-11,13,15-18,30-32H2,1H3,(H,33,37)(H,34,38)(H,41,42)(H,43,44)(H,45,46)(H,35,39,40)/t22-,23?,24?,26-/m1/s1. The lowest BCUT2D eigenvalue weighted by molar-refractivity contribution is -0.126. The molecule has 1 saturated heterocycles. The number of hydrogen-bond donors (Lipinski definition) is 9. The minimum atomic E-state index is -5.53. The normalized spacial score (nSPS) is 20.2. The zero-order chi connectivity index (χ0) is 42.2. The van der Waals surface area contributed by atoms with E-state index >= 15 is 0 Å². The fourth-order valence-corrected chi connectivity index (χ4v) is 8.12. The number of ether oxygens (including phenoxy) is 5. The molecule has 28 heteroatoms. The number of aromatic nitrogens is 2. The molecule has 0 saturated carbocycles. The summed E-state index contributed by atoms with van der Waals surface area (Å²) in [6, 6.07) is 6.47. The van der Waals surface area contributed by atoms with E-state index in [9.17, 15) is 42.7 Å². The molecule has 5 unspecified atom stereocenters. The third-order valence-electron chi connectivity index (χ3n) is 6.96. The van der Waals surface area contributed by atoms with Crippen LogP contribution in [0.15, 0.2) is 40.1 Å². The molecule has 57 heavy (non-hydrogen) atoms. The lowest BCUT2D eigenvalue weighted by atomic mass is 10.2. The maximum absolute atomic E-state index is 12.6. The van der Waals surface area contributed by atoms with E-state index < -0.39 is 71.7 Å². The third kappa shape index (κ3) is 17.4. The van der Waals surface area contributed by atoms with Gasteiger partial charge in [-0.05, 0) is 18.2 Å². The summed E-state index contributed by atoms with van der Waals surface area (Å²) >= 11 is 0. The first kappa shape index (κ1) is 47.7. The molecule has 2 amide bonds. The maximum Gasteiger partial charge on any atom is 0.488 e. The van der Waals surface area contributed by atoms with E-state index in [-0.39, 0.29) is 57.6 Å². The van der Waals surface area contributed by atoms with Crippen molar-refractivity contribution in [2.45, 2.75) is 31.1 Å². The van der Waals surface area contributed by atoms with Gasteiger partial charge in [0.15, 0.2) is 0 Å². The van der Waals surface area contributed by atoms with Crippen LogP contribution in [0.2, 0.25) is 0 Å². The van der Waals surface area contributed by atoms with Gasteiger partial charge >= 0.3 is 28.9 Å². The average Bonchev–Trinajstić information content (AvgIpc) is 3.52. The van der Waals surface area contributed by atoms with Crippen LogP contribution in [-0.4, -0.2) is 121 Å². The molecule has 3 rings (SSSR count). The molecule has 1 aromatic heterocycles. The van der Waals surface area contributed by atoms with Gasteiger partial charge < -0.3 is 66.2 Å². The van der Waals surface area contributed by atoms with Crippen molar-refractivity contribution in [3.05, 3.63) is 62.4 Å². The first-order chi connectivity index (χ1) is 26.8. The number of hydrogen-bond acceptors (Lipinski definition) is 18. The zero-order valence-electron chi connectivity index (χ0n) is 30.3. The van der Waals surface area contributed by atoms with E-state index in [0.717, 1.165) is 10.8 Å². The Labute approximate surface area is 324 Å². The minimum Gasteiger partial charge on any atom is -0.489 e. The molecule has 0 bridgehead atoms. The molecule has 0 aliphatic carbocycles. The second-order valence-electron chi connectivity index (χ2n) is 11.6. The Morgan fingerprint density at radius 1 is 1.11 bits per heavy atom. The van der Waals surface area contributed by atoms with E-state index in [1.54, 1.807) is 24.3 Å². The molecular formula is C29H44N7O18P3. The Morgan fingerprint density at radius 2 is 1.86 bits per heavy atom. The summed E-state index contributed by atoms with van der Waals surface area (Å²) < 4.78 is 76.1. The van der Waals surface area contributed by atoms with Gasteiger partial charge in [-0.3, -0.25) is 33.0 Å². The number of carbonyl (C=O) groups excluding carboxylic acids is 2. The molecule has 25 nitrogen and oxygen atoms in total. The Balaban J connectivity index is 1.44. The van der Waals surface area contributed by atoms with Gasteiger partial charge in [-0.1, -0.05) is 17.9 Å². The number of phosphoric ester groups is 1. The number of benzene rings is 1. The summed E-state index contributed by atoms with van der Waals surface area (Å²) in [6.45, 7) is -0.596. The first-order valence-electron chi connectivity index (χ1n) is 16.6. The smallest absolute Gasteiger partial charge is 0.488 e. The fraction of sp³-hybridized carbons (Fsp3) is 0.517. The van der Waals surface area contributed by atoms with Crippen molar-refractivity contribution in [2.24, 2.45) is 17.2 Å². The van der Waals surface area contributed by atoms with Crippen molar-refractivity contribution in [3.8, 4) is 17.6 Å². The molecule has 0 spiro atoms. The van der Waals surface area contributed by atoms with Crippen LogP contribution in [0, 0.1) is 11.8 Å². The Morgan fingerprint density at radius 3 is 2.56 bits per heavy atom. The van der Waals surface area contributed by atoms with E-state index in [1.807, 2.05) is 0 Å². The SMILES string of the molecule is CP(=O)(O)OP(=O)(O)OP(=O)(O)OCC1O[C@@H](n2cc(C#CCNC(=O)COCCOC(N)COc3cccc(C(=O)NCCN)c3)c(=O)[nH]c2=O)C[C@H]1OCN. The largest absolute Gasteiger partial charge is 0.489 e. The number of rotatable bonds is 23. The van der Waals surface area contributed by atoms with Gasteiger partial charge in [0.1, 0.15) is 43.1 Å². The van der Waals surface area contributed by atoms with Crippen LogP contribution in [0.4, 0.5) is 0 Å². The molecule has 0 radical (unpaired) electrons. The molecule has 12 N–H and O–H groups in total. The minimum absolute atomic E-state index is 0.00836. The van der Waals surface area contributed by atoms with E-state index in [1.165, 1.54) is 0 Å². The van der Waals surface area contributed by atoms with Crippen molar-refractivity contribution < 1.29 is 74.8 Å². The molecule has 2 aromatic rings. The van der Waals surface area contributed by atoms with Crippen LogP contribution in [0.25, 0.3) is 0 Å². The van der Waals surface area contributed by atoms with Crippen LogP contribution < -0.4 is 43.8 Å². The maximum atomic E-state index is 12.6. The average molecular weight is 872 g/mol. The lowest BCUT2D eigenvalue weighted by Gasteiger charge is -2.21. The molecule has 1 aromatic carbocycles. The number of amides is 2. The van der Waals surface area contributed by atoms with Gasteiger partial charge in [0.05, 0.1) is 39.2 Å². The molecule has 1 fully saturated rings. The van der Waals surface area contributed by atoms with E-state index in [0.29, 0.717) is 31.1 Å². The summed E-state index contributed by atoms with van der Waals surface area (Å²) in [5.41, 5.74) is 15.1. The number of H-pyrrole nitrogens is 1. The lowest BCUT2D eigenvalue weighted by Crippen LogP contribution is -2.34. The van der Waals surface area contributed by atoms with Crippen LogP contribution in [-0.2, 0) is 50.6 Å². The number of nitrogens with zero attached hydrogens (tertiary/aromatic N) is 1. The van der Waals surface area contributed by atoms with Crippen molar-refractivity contribution in [1.29, 1.82) is 0 Å². The van der Waals surface area contributed by atoms with Gasteiger partial charge in [0.2, 0.25) is 5.91 Å². The van der Waals surface area contributed by atoms with Gasteiger partial charge in [-0.2, -0.15) is 4.31 Å². The summed E-state index contributed by atoms with van der Waals surface area (Å²) in [6.07, 6.45) is -3.27.